The number of aromatic amines is 1. The summed E-state index contributed by atoms with van der Waals surface area (Å²) >= 11 is 1.53. The van der Waals surface area contributed by atoms with Crippen molar-refractivity contribution in [3.8, 4) is 0 Å². The molecule has 0 spiro atoms. The first-order valence-corrected chi connectivity index (χ1v) is 10.5. The maximum absolute atomic E-state index is 12.3. The minimum atomic E-state index is -0.339. The minimum Gasteiger partial charge on any atom is -0.355 e. The quantitative estimate of drug-likeness (QED) is 0.455. The third-order valence-electron chi connectivity index (χ3n) is 5.10. The van der Waals surface area contributed by atoms with E-state index in [9.17, 15) is 9.59 Å². The molecule has 2 amide bonds. The molecule has 1 unspecified atom stereocenters. The molecule has 9 heteroatoms. The molecule has 1 aliphatic carbocycles. The Bertz CT molecular complexity index is 576. The molecule has 0 aromatic carbocycles. The van der Waals surface area contributed by atoms with Crippen molar-refractivity contribution in [2.75, 3.05) is 31.9 Å². The molecular weight excluding hydrogens is 352 g/mol. The Hall–Kier alpha value is -1.61. The van der Waals surface area contributed by atoms with Crippen LogP contribution in [0.1, 0.15) is 38.5 Å². The molecule has 0 bridgehead atoms. The number of H-pyrrole nitrogens is 1. The van der Waals surface area contributed by atoms with Crippen LogP contribution in [-0.2, 0) is 9.59 Å². The van der Waals surface area contributed by atoms with Crippen molar-refractivity contribution in [1.29, 1.82) is 0 Å². The number of amides is 2. The summed E-state index contributed by atoms with van der Waals surface area (Å²) in [5.41, 5.74) is 0. The van der Waals surface area contributed by atoms with E-state index in [1.54, 1.807) is 6.20 Å². The lowest BCUT2D eigenvalue weighted by molar-refractivity contribution is -0.134. The second-order valence-electron chi connectivity index (χ2n) is 7.02. The van der Waals surface area contributed by atoms with E-state index >= 15 is 0 Å². The summed E-state index contributed by atoms with van der Waals surface area (Å²) in [6, 6.07) is -0.339. The molecule has 26 heavy (non-hydrogen) atoms. The molecule has 1 aliphatic heterocycles. The van der Waals surface area contributed by atoms with Crippen molar-refractivity contribution in [2.24, 2.45) is 5.92 Å². The topological polar surface area (TPSA) is 103 Å². The number of carbonyl (C=O) groups is 2. The Labute approximate surface area is 158 Å². The van der Waals surface area contributed by atoms with Crippen LogP contribution >= 0.6 is 11.8 Å². The predicted molar refractivity (Wildman–Crippen MR) is 99.7 cm³/mol. The van der Waals surface area contributed by atoms with Crippen LogP contribution in [0, 0.1) is 5.92 Å². The van der Waals surface area contributed by atoms with Crippen LogP contribution in [0.5, 0.6) is 0 Å². The number of hydrogen-bond donors (Lipinski definition) is 3. The Kier molecular flexibility index (Phi) is 7.31. The molecule has 1 aromatic heterocycles. The summed E-state index contributed by atoms with van der Waals surface area (Å²) in [4.78, 5) is 26.8. The highest BCUT2D eigenvalue weighted by Gasteiger charge is 2.33. The Balaban J connectivity index is 1.43. The summed E-state index contributed by atoms with van der Waals surface area (Å²) in [6.45, 7) is 3.00. The van der Waals surface area contributed by atoms with Crippen molar-refractivity contribution >= 4 is 23.6 Å². The Morgan fingerprint density at radius 1 is 1.35 bits per heavy atom. The van der Waals surface area contributed by atoms with E-state index in [4.69, 9.17) is 0 Å². The van der Waals surface area contributed by atoms with Gasteiger partial charge in [-0.05, 0) is 18.8 Å². The molecule has 144 valence electrons. The van der Waals surface area contributed by atoms with Crippen molar-refractivity contribution in [3.63, 3.8) is 0 Å². The second kappa shape index (κ2) is 9.91. The summed E-state index contributed by atoms with van der Waals surface area (Å²) in [5, 5.41) is 16.9. The number of carbonyl (C=O) groups excluding carboxylic acids is 2. The fourth-order valence-electron chi connectivity index (χ4n) is 3.76. The van der Waals surface area contributed by atoms with Crippen molar-refractivity contribution in [1.82, 2.24) is 30.9 Å². The lowest BCUT2D eigenvalue weighted by atomic mass is 9.88. The fraction of sp³-hybridized carbons (Fsp3) is 0.765. The van der Waals surface area contributed by atoms with Gasteiger partial charge in [0.05, 0.1) is 18.7 Å². The molecule has 2 heterocycles. The van der Waals surface area contributed by atoms with Gasteiger partial charge in [0, 0.05) is 31.9 Å². The van der Waals surface area contributed by atoms with Gasteiger partial charge in [-0.3, -0.25) is 14.5 Å². The first kappa shape index (κ1) is 19.2. The number of nitrogens with zero attached hydrogens (tertiary/aromatic N) is 3. The van der Waals surface area contributed by atoms with E-state index in [0.29, 0.717) is 19.0 Å². The number of aromatic nitrogens is 3. The molecule has 0 radical (unpaired) electrons. The van der Waals surface area contributed by atoms with Crippen LogP contribution in [0.4, 0.5) is 0 Å². The lowest BCUT2D eigenvalue weighted by Crippen LogP contribution is -2.57. The van der Waals surface area contributed by atoms with E-state index in [-0.39, 0.29) is 24.3 Å². The highest BCUT2D eigenvalue weighted by molar-refractivity contribution is 7.99. The van der Waals surface area contributed by atoms with Gasteiger partial charge in [-0.15, -0.1) is 16.9 Å². The molecule has 1 atom stereocenters. The van der Waals surface area contributed by atoms with Gasteiger partial charge in [0.15, 0.2) is 0 Å². The van der Waals surface area contributed by atoms with E-state index < -0.39 is 0 Å². The molecule has 1 aromatic rings. The van der Waals surface area contributed by atoms with Crippen molar-refractivity contribution in [3.05, 3.63) is 6.20 Å². The van der Waals surface area contributed by atoms with Gasteiger partial charge >= 0.3 is 0 Å². The normalized spacial score (nSPS) is 22.2. The fourth-order valence-corrected chi connectivity index (χ4v) is 4.40. The van der Waals surface area contributed by atoms with Gasteiger partial charge < -0.3 is 10.6 Å². The molecule has 1 saturated heterocycles. The van der Waals surface area contributed by atoms with Crippen LogP contribution < -0.4 is 10.6 Å². The van der Waals surface area contributed by atoms with Crippen molar-refractivity contribution < 1.29 is 9.59 Å². The summed E-state index contributed by atoms with van der Waals surface area (Å²) in [7, 11) is 0. The molecule has 8 nitrogen and oxygen atoms in total. The van der Waals surface area contributed by atoms with E-state index in [0.717, 1.165) is 23.9 Å². The number of piperazine rings is 1. The monoisotopic (exact) mass is 380 g/mol. The summed E-state index contributed by atoms with van der Waals surface area (Å²) in [5.74, 6) is 1.31. The molecular formula is C17H28N6O2S. The number of rotatable bonds is 8. The zero-order valence-electron chi connectivity index (χ0n) is 15.1. The van der Waals surface area contributed by atoms with Crippen LogP contribution in [0.2, 0.25) is 0 Å². The largest absolute Gasteiger partial charge is 0.355 e. The average Bonchev–Trinajstić information content (AvgIpc) is 3.16. The molecule has 3 N–H and O–H groups in total. The van der Waals surface area contributed by atoms with E-state index in [1.807, 2.05) is 0 Å². The predicted octanol–water partition coefficient (Wildman–Crippen LogP) is 0.784. The van der Waals surface area contributed by atoms with Crippen molar-refractivity contribution in [2.45, 2.75) is 49.6 Å². The number of nitrogens with one attached hydrogen (secondary N) is 3. The Morgan fingerprint density at radius 3 is 2.96 bits per heavy atom. The maximum Gasteiger partial charge on any atom is 0.237 e. The van der Waals surface area contributed by atoms with Crippen LogP contribution in [-0.4, -0.2) is 70.1 Å². The zero-order valence-corrected chi connectivity index (χ0v) is 15.9. The molecule has 2 fully saturated rings. The molecule has 3 rings (SSSR count). The van der Waals surface area contributed by atoms with Gasteiger partial charge in [-0.2, -0.15) is 10.3 Å². The third-order valence-corrected chi connectivity index (χ3v) is 6.01. The van der Waals surface area contributed by atoms with E-state index in [2.05, 4.69) is 30.9 Å². The standard InChI is InChI=1S/C17H28N6O2S/c24-15(18-7-9-26-16-11-20-22-21-16)10-14-17(25)19-6-8-23(14)12-13-4-2-1-3-5-13/h11,13-14H,1-10,12H2,(H,18,24)(H,19,25)(H,20,21,22). The average molecular weight is 381 g/mol. The minimum absolute atomic E-state index is 0.0146. The number of hydrogen-bond acceptors (Lipinski definition) is 6. The smallest absolute Gasteiger partial charge is 0.237 e. The highest BCUT2D eigenvalue weighted by atomic mass is 32.2. The lowest BCUT2D eigenvalue weighted by Gasteiger charge is -2.37. The first-order chi connectivity index (χ1) is 12.7. The SMILES string of the molecule is O=C(CC1C(=O)NCCN1CC1CCCCC1)NCCSc1cn[nH]n1. The second-order valence-corrected chi connectivity index (χ2v) is 8.13. The molecule has 2 aliphatic rings. The van der Waals surface area contributed by atoms with E-state index in [1.165, 1.54) is 43.9 Å². The summed E-state index contributed by atoms with van der Waals surface area (Å²) in [6.07, 6.45) is 8.29. The number of thioether (sulfide) groups is 1. The third kappa shape index (κ3) is 5.70. The van der Waals surface area contributed by atoms with Gasteiger partial charge in [0.1, 0.15) is 5.03 Å². The van der Waals surface area contributed by atoms with Gasteiger partial charge in [0.25, 0.3) is 0 Å². The maximum atomic E-state index is 12.3. The Morgan fingerprint density at radius 2 is 2.19 bits per heavy atom. The van der Waals surface area contributed by atoms with Crippen LogP contribution in [0.25, 0.3) is 0 Å². The molecule has 1 saturated carbocycles. The van der Waals surface area contributed by atoms with Gasteiger partial charge in [-0.25, -0.2) is 0 Å². The summed E-state index contributed by atoms with van der Waals surface area (Å²) < 4.78 is 0. The van der Waals surface area contributed by atoms with Gasteiger partial charge in [0.2, 0.25) is 11.8 Å². The van der Waals surface area contributed by atoms with Crippen LogP contribution in [0.15, 0.2) is 11.2 Å². The zero-order chi connectivity index (χ0) is 18.2. The van der Waals surface area contributed by atoms with Gasteiger partial charge in [-0.1, -0.05) is 19.3 Å². The van der Waals surface area contributed by atoms with Crippen LogP contribution in [0.3, 0.4) is 0 Å². The first-order valence-electron chi connectivity index (χ1n) is 9.49. The highest BCUT2D eigenvalue weighted by Crippen LogP contribution is 2.25.